The molecule has 0 aromatic carbocycles. The summed E-state index contributed by atoms with van der Waals surface area (Å²) < 4.78 is 38.4. The van der Waals surface area contributed by atoms with Crippen molar-refractivity contribution in [1.29, 1.82) is 0 Å². The highest BCUT2D eigenvalue weighted by atomic mass is 31.2. The number of carbonyl (C=O) groups excluding carboxylic acids is 2. The van der Waals surface area contributed by atoms with Gasteiger partial charge in [0.25, 0.3) is 0 Å². The first-order valence-corrected chi connectivity index (χ1v) is 24.8. The molecule has 0 aromatic heterocycles. The number of phosphoric acid groups is 1. The van der Waals surface area contributed by atoms with Crippen LogP contribution in [-0.4, -0.2) is 106 Å². The molecule has 14 nitrogen and oxygen atoms in total. The molecule has 1 rings (SSSR count). The van der Waals surface area contributed by atoms with Crippen molar-refractivity contribution < 1.29 is 67.8 Å². The molecule has 0 amide bonds. The molecule has 362 valence electrons. The Morgan fingerprint density at radius 1 is 0.714 bits per heavy atom. The number of phosphoric ester groups is 1. The zero-order valence-corrected chi connectivity index (χ0v) is 38.9. The van der Waals surface area contributed by atoms with Gasteiger partial charge in [-0.3, -0.25) is 18.6 Å². The number of unbranched alkanes of at least 4 members (excludes halogenated alkanes) is 9. The van der Waals surface area contributed by atoms with Crippen LogP contribution in [0.2, 0.25) is 0 Å². The molecule has 63 heavy (non-hydrogen) atoms. The monoisotopic (exact) mass is 913 g/mol. The molecule has 6 N–H and O–H groups in total. The van der Waals surface area contributed by atoms with Crippen molar-refractivity contribution in [3.63, 3.8) is 0 Å². The van der Waals surface area contributed by atoms with Crippen molar-refractivity contribution in [1.82, 2.24) is 0 Å². The second kappa shape index (κ2) is 38.5. The molecule has 1 aliphatic heterocycles. The van der Waals surface area contributed by atoms with Crippen LogP contribution in [0.5, 0.6) is 0 Å². The standard InChI is InChI=1S/C48H81O14P/c1-3-5-7-8-9-10-11-12-13-14-15-16-17-18-19-20-21-22-28-32-47(54)61-42(39-60-63(56,57)59-37-41(51)36-49)38-58-46(53)31-27-24-23-26-30-43-44(52)35-48(55)62-45(43)34-33-40(50)29-25-6-4-2/h9-10,12-13,15-16,18-19,23,26,33-34,40-45,48-52,55H,3-8,11,14,17,20-22,24-25,27-32,35-39H2,1-2H3,(H,56,57)/b10-9-,13-12-,16-15-,19-18-,26-23-,34-33+/t40-,41-,42+,43-,44-,45+,48?/m0/s1. The molecule has 0 aromatic rings. The van der Waals surface area contributed by atoms with Crippen molar-refractivity contribution in [3.8, 4) is 0 Å². The van der Waals surface area contributed by atoms with Gasteiger partial charge in [-0.1, -0.05) is 125 Å². The molecule has 1 saturated heterocycles. The zero-order chi connectivity index (χ0) is 46.4. The molecule has 2 unspecified atom stereocenters. The van der Waals surface area contributed by atoms with E-state index in [1.165, 1.54) is 19.3 Å². The maximum Gasteiger partial charge on any atom is 0.472 e. The molecule has 0 radical (unpaired) electrons. The highest BCUT2D eigenvalue weighted by Gasteiger charge is 2.35. The van der Waals surface area contributed by atoms with Gasteiger partial charge in [-0.05, 0) is 77.0 Å². The third-order valence-electron chi connectivity index (χ3n) is 10.1. The molecule has 15 heteroatoms. The first kappa shape index (κ1) is 58.3. The fourth-order valence-corrected chi connectivity index (χ4v) is 7.22. The van der Waals surface area contributed by atoms with Crippen LogP contribution >= 0.6 is 7.82 Å². The molecule has 1 fully saturated rings. The summed E-state index contributed by atoms with van der Waals surface area (Å²) in [5.41, 5.74) is 0. The van der Waals surface area contributed by atoms with Crippen LogP contribution in [0.4, 0.5) is 0 Å². The summed E-state index contributed by atoms with van der Waals surface area (Å²) in [6, 6.07) is 0. The van der Waals surface area contributed by atoms with E-state index in [9.17, 15) is 39.5 Å². The third-order valence-corrected chi connectivity index (χ3v) is 11.1. The van der Waals surface area contributed by atoms with Crippen molar-refractivity contribution in [3.05, 3.63) is 72.9 Å². The number of hydrogen-bond donors (Lipinski definition) is 6. The van der Waals surface area contributed by atoms with E-state index in [1.807, 2.05) is 12.2 Å². The lowest BCUT2D eigenvalue weighted by molar-refractivity contribution is -0.199. The Hall–Kier alpha value is -2.75. The van der Waals surface area contributed by atoms with Gasteiger partial charge in [0, 0.05) is 25.2 Å². The van der Waals surface area contributed by atoms with Gasteiger partial charge in [0.15, 0.2) is 12.4 Å². The summed E-state index contributed by atoms with van der Waals surface area (Å²) in [7, 11) is -4.70. The van der Waals surface area contributed by atoms with Crippen molar-refractivity contribution >= 4 is 19.8 Å². The van der Waals surface area contributed by atoms with Crippen LogP contribution < -0.4 is 0 Å². The second-order valence-electron chi connectivity index (χ2n) is 15.9. The van der Waals surface area contributed by atoms with Gasteiger partial charge in [0.05, 0.1) is 38.1 Å². The van der Waals surface area contributed by atoms with Crippen LogP contribution in [0.1, 0.15) is 149 Å². The average molecular weight is 913 g/mol. The molecule has 0 aliphatic carbocycles. The lowest BCUT2D eigenvalue weighted by Gasteiger charge is -2.36. The van der Waals surface area contributed by atoms with Crippen LogP contribution in [-0.2, 0) is 37.4 Å². The molecular formula is C48H81O14P. The summed E-state index contributed by atoms with van der Waals surface area (Å²) in [4.78, 5) is 35.3. The van der Waals surface area contributed by atoms with E-state index < -0.39 is 83.0 Å². The predicted molar refractivity (Wildman–Crippen MR) is 245 cm³/mol. The quantitative estimate of drug-likeness (QED) is 0.0148. The van der Waals surface area contributed by atoms with Gasteiger partial charge in [-0.25, -0.2) is 4.57 Å². The van der Waals surface area contributed by atoms with E-state index in [0.29, 0.717) is 32.1 Å². The highest BCUT2D eigenvalue weighted by molar-refractivity contribution is 7.47. The number of ether oxygens (including phenoxy) is 3. The SMILES string of the molecule is CCCCC/C=C\C/C=C\C/C=C\C/C=C\CCCCCC(=O)O[C@H](COC(=O)CCC/C=C\C[C@H]1[C@@H](O)CC(O)O[C@@H]1/C=C/[C@@H](O)CCCCC)COP(=O)(O)OC[C@@H](O)CO. The minimum atomic E-state index is -4.70. The normalized spacial score (nSPS) is 21.0. The average Bonchev–Trinajstić information content (AvgIpc) is 3.25. The first-order chi connectivity index (χ1) is 30.4. The summed E-state index contributed by atoms with van der Waals surface area (Å²) in [5.74, 6) is -1.50. The number of carbonyl (C=O) groups is 2. The molecule has 0 bridgehead atoms. The summed E-state index contributed by atoms with van der Waals surface area (Å²) in [6.07, 6.45) is 34.8. The summed E-state index contributed by atoms with van der Waals surface area (Å²) in [5, 5.41) is 49.4. The topological polar surface area (TPSA) is 219 Å². The van der Waals surface area contributed by atoms with Gasteiger partial charge < -0.3 is 44.6 Å². The Bertz CT molecular complexity index is 1390. The Balaban J connectivity index is 2.50. The number of hydrogen-bond acceptors (Lipinski definition) is 13. The third kappa shape index (κ3) is 33.4. The lowest BCUT2D eigenvalue weighted by Crippen LogP contribution is -2.43. The number of aliphatic hydroxyl groups is 5. The predicted octanol–water partition coefficient (Wildman–Crippen LogP) is 8.55. The lowest BCUT2D eigenvalue weighted by atomic mass is 9.87. The Morgan fingerprint density at radius 2 is 1.29 bits per heavy atom. The van der Waals surface area contributed by atoms with E-state index in [0.717, 1.165) is 64.2 Å². The van der Waals surface area contributed by atoms with Crippen LogP contribution in [0.25, 0.3) is 0 Å². The minimum Gasteiger partial charge on any atom is -0.462 e. The van der Waals surface area contributed by atoms with Gasteiger partial charge >= 0.3 is 19.8 Å². The fourth-order valence-electron chi connectivity index (χ4n) is 6.43. The molecule has 0 saturated carbocycles. The Morgan fingerprint density at radius 3 is 1.94 bits per heavy atom. The second-order valence-corrected chi connectivity index (χ2v) is 17.4. The van der Waals surface area contributed by atoms with E-state index in [-0.39, 0.29) is 25.2 Å². The first-order valence-electron chi connectivity index (χ1n) is 23.3. The highest BCUT2D eigenvalue weighted by Crippen LogP contribution is 2.43. The number of esters is 2. The maximum absolute atomic E-state index is 12.7. The van der Waals surface area contributed by atoms with Gasteiger partial charge in [-0.2, -0.15) is 0 Å². The van der Waals surface area contributed by atoms with E-state index in [4.69, 9.17) is 23.8 Å². The number of rotatable bonds is 38. The Kier molecular flexibility index (Phi) is 35.6. The molecule has 0 spiro atoms. The van der Waals surface area contributed by atoms with Crippen molar-refractivity contribution in [2.45, 2.75) is 185 Å². The van der Waals surface area contributed by atoms with Crippen molar-refractivity contribution in [2.24, 2.45) is 5.92 Å². The molecule has 1 heterocycles. The van der Waals surface area contributed by atoms with Gasteiger partial charge in [-0.15, -0.1) is 0 Å². The van der Waals surface area contributed by atoms with Gasteiger partial charge in [0.1, 0.15) is 12.7 Å². The smallest absolute Gasteiger partial charge is 0.462 e. The largest absolute Gasteiger partial charge is 0.472 e. The zero-order valence-electron chi connectivity index (χ0n) is 38.0. The van der Waals surface area contributed by atoms with Crippen LogP contribution in [0.15, 0.2) is 72.9 Å². The molecule has 1 aliphatic rings. The van der Waals surface area contributed by atoms with E-state index in [2.05, 4.69) is 67.0 Å². The number of aliphatic hydroxyl groups excluding tert-OH is 5. The van der Waals surface area contributed by atoms with E-state index in [1.54, 1.807) is 12.2 Å². The maximum atomic E-state index is 12.7. The Labute approximate surface area is 377 Å². The number of allylic oxidation sites excluding steroid dienone is 10. The molecule has 8 atom stereocenters. The van der Waals surface area contributed by atoms with Crippen LogP contribution in [0.3, 0.4) is 0 Å². The fraction of sp³-hybridized carbons (Fsp3) is 0.708. The summed E-state index contributed by atoms with van der Waals surface area (Å²) in [6.45, 7) is 1.89. The molecular weight excluding hydrogens is 831 g/mol. The van der Waals surface area contributed by atoms with Crippen molar-refractivity contribution in [2.75, 3.05) is 26.4 Å². The van der Waals surface area contributed by atoms with Gasteiger partial charge in [0.2, 0.25) is 0 Å². The van der Waals surface area contributed by atoms with E-state index >= 15 is 0 Å². The van der Waals surface area contributed by atoms with Crippen LogP contribution in [0, 0.1) is 5.92 Å². The summed E-state index contributed by atoms with van der Waals surface area (Å²) >= 11 is 0. The minimum absolute atomic E-state index is 0.0363.